The number of aromatic nitrogens is 2. The topological polar surface area (TPSA) is 126 Å². The van der Waals surface area contributed by atoms with Crippen LogP contribution in [-0.2, 0) is 44.9 Å². The van der Waals surface area contributed by atoms with Gasteiger partial charge in [0.2, 0.25) is 23.6 Å². The molecule has 15 heteroatoms. The smallest absolute Gasteiger partial charge is 0.236 e. The molecule has 4 aromatic rings. The summed E-state index contributed by atoms with van der Waals surface area (Å²) in [7, 11) is 0. The molecule has 2 aromatic carbocycles. The van der Waals surface area contributed by atoms with E-state index in [4.69, 9.17) is 11.6 Å². The van der Waals surface area contributed by atoms with Crippen LogP contribution in [0.15, 0.2) is 42.6 Å². The number of carbonyl (C=O) groups is 4. The number of aryl methyl sites for hydroxylation is 5. The molecule has 0 spiro atoms. The van der Waals surface area contributed by atoms with Crippen molar-refractivity contribution in [3.05, 3.63) is 92.3 Å². The predicted molar refractivity (Wildman–Crippen MR) is 351 cm³/mol. The van der Waals surface area contributed by atoms with E-state index in [1.807, 2.05) is 9.80 Å². The number of hydrogen-bond acceptors (Lipinski definition) is 8. The summed E-state index contributed by atoms with van der Waals surface area (Å²) in [6, 6.07) is 15.4. The maximum atomic E-state index is 13.8. The number of halogens is 1. The third kappa shape index (κ3) is 14.9. The number of H-pyrrole nitrogens is 2. The van der Waals surface area contributed by atoms with Gasteiger partial charge in [-0.05, 0) is 201 Å². The number of nitrogens with one attached hydrogen (secondary N) is 2. The first-order chi connectivity index (χ1) is 41.8. The van der Waals surface area contributed by atoms with Gasteiger partial charge in [0.1, 0.15) is 5.15 Å². The number of piperazine rings is 2. The molecule has 4 amide bonds. The predicted octanol–water partition coefficient (Wildman–Crippen LogP) is 11.0. The average molecular weight is 1210 g/mol. The van der Waals surface area contributed by atoms with Crippen LogP contribution in [0.4, 0.5) is 0 Å². The highest BCUT2D eigenvalue weighted by Gasteiger charge is 2.48. The molecular formula is C72H105ClN10O4. The number of aromatic amines is 2. The lowest BCUT2D eigenvalue weighted by atomic mass is 9.83. The van der Waals surface area contributed by atoms with Gasteiger partial charge in [0.15, 0.2) is 0 Å². The number of nitrogens with zero attached hydrogens (tertiary/aromatic N) is 8. The summed E-state index contributed by atoms with van der Waals surface area (Å²) in [6.07, 6.45) is 21.5. The van der Waals surface area contributed by atoms with Gasteiger partial charge in [0, 0.05) is 139 Å². The molecule has 8 aliphatic rings. The fourth-order valence-corrected chi connectivity index (χ4v) is 16.8. The Morgan fingerprint density at radius 3 is 1.24 bits per heavy atom. The van der Waals surface area contributed by atoms with Crippen LogP contribution in [0.2, 0.25) is 5.15 Å². The first-order valence-corrected chi connectivity index (χ1v) is 34.5. The molecule has 2 aromatic heterocycles. The Morgan fingerprint density at radius 2 is 0.828 bits per heavy atom. The number of benzene rings is 2. The molecule has 0 unspecified atom stereocenters. The molecule has 8 fully saturated rings. The molecule has 8 saturated heterocycles. The molecule has 474 valence electrons. The molecule has 10 heterocycles. The highest BCUT2D eigenvalue weighted by molar-refractivity contribution is 6.30. The van der Waals surface area contributed by atoms with Crippen molar-refractivity contribution >= 4 is 35.2 Å². The lowest BCUT2D eigenvalue weighted by molar-refractivity contribution is -0.142. The fourth-order valence-electron chi connectivity index (χ4n) is 16.5. The second-order valence-electron chi connectivity index (χ2n) is 29.2. The highest BCUT2D eigenvalue weighted by Crippen LogP contribution is 2.44. The summed E-state index contributed by atoms with van der Waals surface area (Å²) < 4.78 is 0. The maximum Gasteiger partial charge on any atom is 0.236 e. The molecule has 0 atom stereocenters. The van der Waals surface area contributed by atoms with E-state index in [0.717, 1.165) is 162 Å². The van der Waals surface area contributed by atoms with Crippen molar-refractivity contribution in [1.82, 2.24) is 49.2 Å². The summed E-state index contributed by atoms with van der Waals surface area (Å²) >= 11 is 7.01. The third-order valence-electron chi connectivity index (χ3n) is 21.7. The van der Waals surface area contributed by atoms with E-state index in [1.54, 1.807) is 0 Å². The molecule has 0 radical (unpaired) electrons. The van der Waals surface area contributed by atoms with Gasteiger partial charge >= 0.3 is 0 Å². The molecule has 8 aliphatic heterocycles. The molecule has 0 saturated carbocycles. The Balaban J connectivity index is 0.000000180. The van der Waals surface area contributed by atoms with Gasteiger partial charge in [-0.15, -0.1) is 0 Å². The summed E-state index contributed by atoms with van der Waals surface area (Å²) in [4.78, 5) is 78.4. The first-order valence-electron chi connectivity index (χ1n) is 34.1. The lowest BCUT2D eigenvalue weighted by Gasteiger charge is -2.35. The molecule has 14 nitrogen and oxygen atoms in total. The van der Waals surface area contributed by atoms with Crippen LogP contribution in [0, 0.1) is 38.5 Å². The SMILES string of the molecule is Cc1cc(C)cc(-c2[nH]c(Cl)c(CCC(C)(C)C(=O)N3C4CCC3CC4)c2CCN2CCN(CC(=O)N3CCCC3)CC2)c1.Cc1cc(C)cc(-c2[nH]cc(CCC(C)(C)C(=O)N3C4CCC3CC4)c2CCN2CCN(CC(=O)N3CCCC3)CC2)c1. The Hall–Kier alpha value is -4.99. The van der Waals surface area contributed by atoms with E-state index >= 15 is 0 Å². The minimum Gasteiger partial charge on any atom is -0.361 e. The van der Waals surface area contributed by atoms with Crippen LogP contribution in [0.1, 0.15) is 162 Å². The minimum atomic E-state index is -0.425. The van der Waals surface area contributed by atoms with E-state index in [9.17, 15) is 19.2 Å². The van der Waals surface area contributed by atoms with Crippen LogP contribution in [0.5, 0.6) is 0 Å². The Kier molecular flexibility index (Phi) is 20.2. The Bertz CT molecular complexity index is 2980. The Morgan fingerprint density at radius 1 is 0.460 bits per heavy atom. The van der Waals surface area contributed by atoms with Gasteiger partial charge in [-0.3, -0.25) is 29.0 Å². The minimum absolute atomic E-state index is 0.291. The van der Waals surface area contributed by atoms with Crippen molar-refractivity contribution in [3.8, 4) is 22.5 Å². The quantitative estimate of drug-likeness (QED) is 0.0896. The van der Waals surface area contributed by atoms with Crippen LogP contribution < -0.4 is 0 Å². The van der Waals surface area contributed by atoms with Gasteiger partial charge in [-0.1, -0.05) is 73.7 Å². The van der Waals surface area contributed by atoms with Crippen LogP contribution in [-0.4, -0.2) is 202 Å². The van der Waals surface area contributed by atoms with E-state index in [-0.39, 0.29) is 5.41 Å². The number of rotatable bonds is 20. The van der Waals surface area contributed by atoms with Gasteiger partial charge in [-0.25, -0.2) is 0 Å². The van der Waals surface area contributed by atoms with Crippen molar-refractivity contribution in [2.75, 3.05) is 105 Å². The average Bonchev–Trinajstić information content (AvgIpc) is 4.46. The van der Waals surface area contributed by atoms with E-state index in [1.165, 1.54) is 113 Å². The van der Waals surface area contributed by atoms with Crippen LogP contribution in [0.3, 0.4) is 0 Å². The van der Waals surface area contributed by atoms with Gasteiger partial charge in [0.05, 0.1) is 18.8 Å². The van der Waals surface area contributed by atoms with Crippen LogP contribution in [0.25, 0.3) is 22.5 Å². The zero-order valence-electron chi connectivity index (χ0n) is 54.5. The van der Waals surface area contributed by atoms with Gasteiger partial charge in [0.25, 0.3) is 0 Å². The van der Waals surface area contributed by atoms with Crippen molar-refractivity contribution < 1.29 is 19.2 Å². The van der Waals surface area contributed by atoms with E-state index < -0.39 is 5.41 Å². The summed E-state index contributed by atoms with van der Waals surface area (Å²) in [5.41, 5.74) is 14.3. The summed E-state index contributed by atoms with van der Waals surface area (Å²) in [5.74, 6) is 1.29. The fraction of sp³-hybridized carbons (Fsp3) is 0.667. The standard InChI is InChI=1S/C36H52ClN5O2.C36H53N5O2/c1-25-21-26(2)23-27(22-25)33-30(12-16-39-17-19-40(20-18-39)24-32(43)41-14-5-6-15-41)31(34(37)38-33)11-13-36(3,4)35(44)42-28-7-8-29(42)10-9-28;1-26-21-27(2)23-29(22-26)34-32(12-16-38-17-19-39(20-18-38)25-33(42)40-14-5-6-15-40)28(24-37-34)11-13-36(3,4)35(43)41-30-7-8-31(41)10-9-30/h21-23,28-29,38H,5-20,24H2,1-4H3;21-24,30-31,37H,5-20,25H2,1-4H3. The largest absolute Gasteiger partial charge is 0.361 e. The van der Waals surface area contributed by atoms with Crippen LogP contribution >= 0.6 is 11.6 Å². The van der Waals surface area contributed by atoms with Crippen molar-refractivity contribution in [2.24, 2.45) is 10.8 Å². The molecular weight excluding hydrogens is 1100 g/mol. The summed E-state index contributed by atoms with van der Waals surface area (Å²) in [6.45, 7) is 31.8. The molecule has 4 bridgehead atoms. The maximum absolute atomic E-state index is 13.8. The van der Waals surface area contributed by atoms with Gasteiger partial charge < -0.3 is 39.4 Å². The first kappa shape index (κ1) is 63.6. The van der Waals surface area contributed by atoms with E-state index in [2.05, 4.69) is 137 Å². The second-order valence-corrected chi connectivity index (χ2v) is 29.6. The zero-order chi connectivity index (χ0) is 61.1. The lowest BCUT2D eigenvalue weighted by Crippen LogP contribution is -2.50. The Labute approximate surface area is 526 Å². The molecule has 87 heavy (non-hydrogen) atoms. The molecule has 2 N–H and O–H groups in total. The third-order valence-corrected chi connectivity index (χ3v) is 22.1. The molecule has 0 aliphatic carbocycles. The second kappa shape index (κ2) is 27.6. The highest BCUT2D eigenvalue weighted by atomic mass is 35.5. The number of likely N-dealkylation sites (tertiary alicyclic amines) is 2. The number of hydrogen-bond donors (Lipinski definition) is 2. The van der Waals surface area contributed by atoms with Crippen molar-refractivity contribution in [1.29, 1.82) is 0 Å². The monoisotopic (exact) mass is 1210 g/mol. The van der Waals surface area contributed by atoms with Crippen molar-refractivity contribution in [3.63, 3.8) is 0 Å². The number of fused-ring (bicyclic) bond motifs is 4. The molecule has 12 rings (SSSR count). The number of amides is 4. The normalized spacial score (nSPS) is 23.0. The van der Waals surface area contributed by atoms with Gasteiger partial charge in [-0.2, -0.15) is 0 Å². The zero-order valence-corrected chi connectivity index (χ0v) is 55.2. The van der Waals surface area contributed by atoms with Crippen molar-refractivity contribution in [2.45, 2.75) is 195 Å². The van der Waals surface area contributed by atoms with E-state index in [0.29, 0.717) is 66.0 Å². The number of carbonyl (C=O) groups excluding carboxylic acids is 4. The summed E-state index contributed by atoms with van der Waals surface area (Å²) in [5, 5.41) is 0.712.